The number of benzene rings is 2. The van der Waals surface area contributed by atoms with Crippen molar-refractivity contribution in [3.05, 3.63) is 57.2 Å². The first kappa shape index (κ1) is 20.6. The molecule has 1 saturated heterocycles. The first-order valence-electron chi connectivity index (χ1n) is 8.56. The maximum atomic E-state index is 12.8. The number of carbonyl (C=O) groups is 1. The molecule has 0 spiro atoms. The molecular weight excluding hydrogens is 495 g/mol. The standard InChI is InChI=1S/C19H21IN2O3S2/c1-13-3-4-15(11-18(13)20)19(23)21-16-5-7-17(8-6-16)27(24,25)22-9-10-26-14(2)12-22/h3-8,11,14H,9-10,12H2,1-2H3,(H,21,23). The van der Waals surface area contributed by atoms with Crippen LogP contribution in [0.25, 0.3) is 0 Å². The summed E-state index contributed by atoms with van der Waals surface area (Å²) in [7, 11) is -3.50. The summed E-state index contributed by atoms with van der Waals surface area (Å²) in [5.41, 5.74) is 2.26. The van der Waals surface area contributed by atoms with Gasteiger partial charge in [-0.2, -0.15) is 16.1 Å². The molecule has 3 rings (SSSR count). The Labute approximate surface area is 178 Å². The molecule has 5 nitrogen and oxygen atoms in total. The largest absolute Gasteiger partial charge is 0.322 e. The second kappa shape index (κ2) is 8.50. The van der Waals surface area contributed by atoms with Crippen molar-refractivity contribution in [1.29, 1.82) is 0 Å². The quantitative estimate of drug-likeness (QED) is 0.625. The first-order valence-corrected chi connectivity index (χ1v) is 12.1. The van der Waals surface area contributed by atoms with E-state index in [1.165, 1.54) is 4.31 Å². The summed E-state index contributed by atoms with van der Waals surface area (Å²) < 4.78 is 28.1. The lowest BCUT2D eigenvalue weighted by molar-refractivity contribution is 0.102. The lowest BCUT2D eigenvalue weighted by atomic mass is 10.1. The molecule has 1 atom stereocenters. The maximum Gasteiger partial charge on any atom is 0.255 e. The lowest BCUT2D eigenvalue weighted by Crippen LogP contribution is -2.40. The highest BCUT2D eigenvalue weighted by atomic mass is 127. The van der Waals surface area contributed by atoms with Crippen LogP contribution in [-0.4, -0.2) is 42.7 Å². The van der Waals surface area contributed by atoms with Crippen LogP contribution in [0.1, 0.15) is 22.8 Å². The molecule has 0 aromatic heterocycles. The van der Waals surface area contributed by atoms with Gasteiger partial charge in [-0.3, -0.25) is 4.79 Å². The summed E-state index contributed by atoms with van der Waals surface area (Å²) in [6.45, 7) is 5.08. The molecule has 0 bridgehead atoms. The van der Waals surface area contributed by atoms with Crippen molar-refractivity contribution >= 4 is 56.0 Å². The minimum atomic E-state index is -3.50. The Kier molecular flexibility index (Phi) is 6.50. The van der Waals surface area contributed by atoms with Crippen molar-refractivity contribution in [2.45, 2.75) is 24.0 Å². The third-order valence-corrected chi connectivity index (χ3v) is 8.57. The molecule has 0 aliphatic carbocycles. The van der Waals surface area contributed by atoms with Gasteiger partial charge in [0.1, 0.15) is 0 Å². The first-order chi connectivity index (χ1) is 12.8. The molecule has 144 valence electrons. The molecule has 2 aromatic carbocycles. The molecule has 27 heavy (non-hydrogen) atoms. The SMILES string of the molecule is Cc1ccc(C(=O)Nc2ccc(S(=O)(=O)N3CCSC(C)C3)cc2)cc1I. The molecule has 0 radical (unpaired) electrons. The van der Waals surface area contributed by atoms with Gasteiger partial charge in [-0.25, -0.2) is 8.42 Å². The highest BCUT2D eigenvalue weighted by Gasteiger charge is 2.28. The van der Waals surface area contributed by atoms with Gasteiger partial charge in [-0.05, 0) is 71.5 Å². The molecule has 1 heterocycles. The summed E-state index contributed by atoms with van der Waals surface area (Å²) in [5.74, 6) is 0.592. The van der Waals surface area contributed by atoms with E-state index in [9.17, 15) is 13.2 Å². The van der Waals surface area contributed by atoms with E-state index in [-0.39, 0.29) is 10.8 Å². The molecule has 1 aliphatic heterocycles. The third kappa shape index (κ3) is 4.85. The molecule has 2 aromatic rings. The maximum absolute atomic E-state index is 12.8. The number of anilines is 1. The monoisotopic (exact) mass is 516 g/mol. The second-order valence-electron chi connectivity index (χ2n) is 6.49. The van der Waals surface area contributed by atoms with Crippen molar-refractivity contribution in [3.63, 3.8) is 0 Å². The van der Waals surface area contributed by atoms with Gasteiger partial charge >= 0.3 is 0 Å². The van der Waals surface area contributed by atoms with Crippen LogP contribution in [-0.2, 0) is 10.0 Å². The van der Waals surface area contributed by atoms with Gasteiger partial charge in [-0.15, -0.1) is 0 Å². The normalized spacial score (nSPS) is 18.3. The van der Waals surface area contributed by atoms with Crippen molar-refractivity contribution < 1.29 is 13.2 Å². The predicted octanol–water partition coefficient (Wildman–Crippen LogP) is 3.98. The molecular formula is C19H21IN2O3S2. The van der Waals surface area contributed by atoms with E-state index in [0.29, 0.717) is 29.6 Å². The average Bonchev–Trinajstić information content (AvgIpc) is 2.64. The van der Waals surface area contributed by atoms with E-state index in [1.807, 2.05) is 26.0 Å². The van der Waals surface area contributed by atoms with Crippen LogP contribution >= 0.6 is 34.4 Å². The van der Waals surface area contributed by atoms with Crippen molar-refractivity contribution in [3.8, 4) is 0 Å². The number of carbonyl (C=O) groups excluding carboxylic acids is 1. The van der Waals surface area contributed by atoms with Gasteiger partial charge in [0.15, 0.2) is 0 Å². The minimum Gasteiger partial charge on any atom is -0.322 e. The predicted molar refractivity (Wildman–Crippen MR) is 119 cm³/mol. The number of rotatable bonds is 4. The Morgan fingerprint density at radius 1 is 1.22 bits per heavy atom. The number of aryl methyl sites for hydroxylation is 1. The van der Waals surface area contributed by atoms with Gasteiger partial charge in [0.2, 0.25) is 10.0 Å². The Morgan fingerprint density at radius 3 is 2.56 bits per heavy atom. The van der Waals surface area contributed by atoms with E-state index < -0.39 is 10.0 Å². The third-order valence-electron chi connectivity index (χ3n) is 4.39. The van der Waals surface area contributed by atoms with Gasteiger partial charge in [0, 0.05) is 38.9 Å². The van der Waals surface area contributed by atoms with Crippen LogP contribution in [0.15, 0.2) is 47.4 Å². The molecule has 1 aliphatic rings. The molecule has 1 unspecified atom stereocenters. The molecule has 1 fully saturated rings. The molecule has 1 N–H and O–H groups in total. The fourth-order valence-corrected chi connectivity index (χ4v) is 6.07. The zero-order valence-electron chi connectivity index (χ0n) is 15.1. The molecule has 0 saturated carbocycles. The Bertz CT molecular complexity index is 946. The summed E-state index contributed by atoms with van der Waals surface area (Å²) in [4.78, 5) is 12.7. The van der Waals surface area contributed by atoms with Gasteiger partial charge < -0.3 is 5.32 Å². The van der Waals surface area contributed by atoms with E-state index in [4.69, 9.17) is 0 Å². The van der Waals surface area contributed by atoms with Gasteiger partial charge in [0.25, 0.3) is 5.91 Å². The van der Waals surface area contributed by atoms with E-state index in [1.54, 1.807) is 42.1 Å². The highest BCUT2D eigenvalue weighted by molar-refractivity contribution is 14.1. The van der Waals surface area contributed by atoms with E-state index in [0.717, 1.165) is 14.9 Å². The fourth-order valence-electron chi connectivity index (χ4n) is 2.80. The van der Waals surface area contributed by atoms with Crippen LogP contribution in [0, 0.1) is 10.5 Å². The fraction of sp³-hybridized carbons (Fsp3) is 0.316. The number of nitrogens with zero attached hydrogens (tertiary/aromatic N) is 1. The smallest absolute Gasteiger partial charge is 0.255 e. The highest BCUT2D eigenvalue weighted by Crippen LogP contribution is 2.25. The summed E-state index contributed by atoms with van der Waals surface area (Å²) in [6, 6.07) is 11.9. The van der Waals surface area contributed by atoms with Crippen LogP contribution in [0.3, 0.4) is 0 Å². The average molecular weight is 516 g/mol. The van der Waals surface area contributed by atoms with Crippen LogP contribution in [0.5, 0.6) is 0 Å². The number of hydrogen-bond acceptors (Lipinski definition) is 4. The number of halogens is 1. The topological polar surface area (TPSA) is 66.5 Å². The summed E-state index contributed by atoms with van der Waals surface area (Å²) >= 11 is 3.98. The van der Waals surface area contributed by atoms with Crippen LogP contribution < -0.4 is 5.32 Å². The lowest BCUT2D eigenvalue weighted by Gasteiger charge is -2.29. The number of sulfonamides is 1. The second-order valence-corrected chi connectivity index (χ2v) is 11.1. The Balaban J connectivity index is 1.73. The number of nitrogens with one attached hydrogen (secondary N) is 1. The summed E-state index contributed by atoms with van der Waals surface area (Å²) in [6.07, 6.45) is 0. The van der Waals surface area contributed by atoms with Gasteiger partial charge in [-0.1, -0.05) is 13.0 Å². The van der Waals surface area contributed by atoms with E-state index in [2.05, 4.69) is 27.9 Å². The Morgan fingerprint density at radius 2 is 1.93 bits per heavy atom. The minimum absolute atomic E-state index is 0.217. The zero-order valence-corrected chi connectivity index (χ0v) is 18.9. The van der Waals surface area contributed by atoms with Crippen molar-refractivity contribution in [1.82, 2.24) is 4.31 Å². The van der Waals surface area contributed by atoms with Crippen LogP contribution in [0.2, 0.25) is 0 Å². The number of amides is 1. The van der Waals surface area contributed by atoms with E-state index >= 15 is 0 Å². The van der Waals surface area contributed by atoms with Gasteiger partial charge in [0.05, 0.1) is 4.90 Å². The summed E-state index contributed by atoms with van der Waals surface area (Å²) in [5, 5.41) is 3.11. The molecule has 8 heteroatoms. The van der Waals surface area contributed by atoms with Crippen molar-refractivity contribution in [2.24, 2.45) is 0 Å². The number of thioether (sulfide) groups is 1. The van der Waals surface area contributed by atoms with Crippen molar-refractivity contribution in [2.75, 3.05) is 24.2 Å². The van der Waals surface area contributed by atoms with Crippen LogP contribution in [0.4, 0.5) is 5.69 Å². The molecule has 1 amide bonds. The Hall–Kier alpha value is -1.10. The number of hydrogen-bond donors (Lipinski definition) is 1. The zero-order chi connectivity index (χ0) is 19.6.